The molecule has 0 radical (unpaired) electrons. The number of hydrogen-bond acceptors (Lipinski definition) is 6. The van der Waals surface area contributed by atoms with E-state index in [0.717, 1.165) is 65.3 Å². The molecule has 0 atom stereocenters. The van der Waals surface area contributed by atoms with Crippen LogP contribution in [0.5, 0.6) is 0 Å². The molecular weight excluding hydrogens is 352 g/mol. The quantitative estimate of drug-likeness (QED) is 0.471. The first-order valence-electron chi connectivity index (χ1n) is 9.55. The minimum atomic E-state index is 0.390. The van der Waals surface area contributed by atoms with Crippen molar-refractivity contribution in [2.24, 2.45) is 0 Å². The summed E-state index contributed by atoms with van der Waals surface area (Å²) in [6.45, 7) is 1.80. The summed E-state index contributed by atoms with van der Waals surface area (Å²) >= 11 is 0. The van der Waals surface area contributed by atoms with Crippen LogP contribution in [0, 0.1) is 0 Å². The van der Waals surface area contributed by atoms with Crippen molar-refractivity contribution in [1.29, 1.82) is 0 Å². The van der Waals surface area contributed by atoms with Gasteiger partial charge in [0.2, 0.25) is 0 Å². The van der Waals surface area contributed by atoms with Crippen LogP contribution in [0.3, 0.4) is 0 Å². The van der Waals surface area contributed by atoms with Crippen LogP contribution >= 0.6 is 0 Å². The molecule has 28 heavy (non-hydrogen) atoms. The van der Waals surface area contributed by atoms with E-state index in [-0.39, 0.29) is 0 Å². The fourth-order valence-electron chi connectivity index (χ4n) is 4.22. The molecular formula is C21H18N6O. The van der Waals surface area contributed by atoms with E-state index in [0.29, 0.717) is 5.92 Å². The third-order valence-electron chi connectivity index (χ3n) is 5.64. The second-order valence-electron chi connectivity index (χ2n) is 7.22. The standard InChI is InChI=1S/C21H18N6O/c1-2-6-16-15(5-1)18-19(28-16)21(23-13-22-18)26-11-8-14(9-12-26)20-25-24-17-7-3-4-10-27(17)20/h1-7,10,13-14H,8-9,11-12H2. The van der Waals surface area contributed by atoms with Gasteiger partial charge in [-0.2, -0.15) is 0 Å². The number of aromatic nitrogens is 5. The number of hydrogen-bond donors (Lipinski definition) is 0. The van der Waals surface area contributed by atoms with Gasteiger partial charge in [-0.15, -0.1) is 10.2 Å². The maximum atomic E-state index is 6.10. The van der Waals surface area contributed by atoms with Gasteiger partial charge in [0.25, 0.3) is 0 Å². The third kappa shape index (κ3) is 2.29. The highest BCUT2D eigenvalue weighted by atomic mass is 16.3. The van der Waals surface area contributed by atoms with Gasteiger partial charge in [0.1, 0.15) is 23.3 Å². The number of anilines is 1. The van der Waals surface area contributed by atoms with Crippen molar-refractivity contribution >= 4 is 33.5 Å². The first-order chi connectivity index (χ1) is 13.9. The van der Waals surface area contributed by atoms with Gasteiger partial charge in [-0.05, 0) is 37.1 Å². The summed E-state index contributed by atoms with van der Waals surface area (Å²) in [6, 6.07) is 14.0. The van der Waals surface area contributed by atoms with Crippen LogP contribution in [0.4, 0.5) is 5.82 Å². The molecule has 0 spiro atoms. The molecule has 0 saturated carbocycles. The molecule has 0 N–H and O–H groups in total. The van der Waals surface area contributed by atoms with E-state index >= 15 is 0 Å². The normalized spacial score (nSPS) is 15.8. The van der Waals surface area contributed by atoms with E-state index in [1.54, 1.807) is 6.33 Å². The average molecular weight is 370 g/mol. The van der Waals surface area contributed by atoms with Gasteiger partial charge in [-0.25, -0.2) is 9.97 Å². The molecule has 1 saturated heterocycles. The molecule has 1 aliphatic heterocycles. The molecule has 5 heterocycles. The summed E-state index contributed by atoms with van der Waals surface area (Å²) in [5.74, 6) is 2.32. The third-order valence-corrected chi connectivity index (χ3v) is 5.64. The average Bonchev–Trinajstić information content (AvgIpc) is 3.35. The largest absolute Gasteiger partial charge is 0.450 e. The van der Waals surface area contributed by atoms with Gasteiger partial charge < -0.3 is 9.32 Å². The minimum Gasteiger partial charge on any atom is -0.450 e. The van der Waals surface area contributed by atoms with Crippen LogP contribution in [0.25, 0.3) is 27.7 Å². The maximum Gasteiger partial charge on any atom is 0.196 e. The van der Waals surface area contributed by atoms with Crippen molar-refractivity contribution in [1.82, 2.24) is 24.6 Å². The molecule has 5 aromatic rings. The number of benzene rings is 1. The lowest BCUT2D eigenvalue weighted by atomic mass is 9.96. The Morgan fingerprint density at radius 3 is 2.71 bits per heavy atom. The zero-order valence-corrected chi connectivity index (χ0v) is 15.2. The number of furan rings is 1. The molecule has 1 aromatic carbocycles. The fourth-order valence-corrected chi connectivity index (χ4v) is 4.22. The predicted octanol–water partition coefficient (Wildman–Crippen LogP) is 3.80. The van der Waals surface area contributed by atoms with Gasteiger partial charge >= 0.3 is 0 Å². The lowest BCUT2D eigenvalue weighted by Crippen LogP contribution is -2.34. The number of para-hydroxylation sites is 1. The Morgan fingerprint density at radius 1 is 0.929 bits per heavy atom. The van der Waals surface area contributed by atoms with E-state index < -0.39 is 0 Å². The predicted molar refractivity (Wildman–Crippen MR) is 106 cm³/mol. The highest BCUT2D eigenvalue weighted by Gasteiger charge is 2.27. The van der Waals surface area contributed by atoms with Gasteiger partial charge in [-0.3, -0.25) is 4.40 Å². The monoisotopic (exact) mass is 370 g/mol. The van der Waals surface area contributed by atoms with E-state index in [4.69, 9.17) is 4.42 Å². The summed E-state index contributed by atoms with van der Waals surface area (Å²) in [5.41, 5.74) is 3.41. The smallest absolute Gasteiger partial charge is 0.196 e. The molecule has 1 aliphatic rings. The molecule has 0 bridgehead atoms. The van der Waals surface area contributed by atoms with E-state index in [9.17, 15) is 0 Å². The number of pyridine rings is 1. The Labute approximate surface area is 160 Å². The molecule has 7 nitrogen and oxygen atoms in total. The molecule has 4 aromatic heterocycles. The van der Waals surface area contributed by atoms with Crippen molar-refractivity contribution in [3.63, 3.8) is 0 Å². The Kier molecular flexibility index (Phi) is 3.35. The SMILES string of the molecule is c1ccc2c(c1)oc1c(N3CCC(c4nnc5ccccn45)CC3)ncnc12. The molecule has 7 heteroatoms. The Morgan fingerprint density at radius 2 is 1.79 bits per heavy atom. The molecule has 0 amide bonds. The van der Waals surface area contributed by atoms with Crippen LogP contribution in [-0.2, 0) is 0 Å². The van der Waals surface area contributed by atoms with Crippen LogP contribution in [0.15, 0.2) is 59.4 Å². The zero-order chi connectivity index (χ0) is 18.5. The van der Waals surface area contributed by atoms with Crippen molar-refractivity contribution in [3.05, 3.63) is 60.8 Å². The van der Waals surface area contributed by atoms with Crippen LogP contribution in [-0.4, -0.2) is 37.7 Å². The van der Waals surface area contributed by atoms with Crippen LogP contribution < -0.4 is 4.90 Å². The Bertz CT molecular complexity index is 1300. The maximum absolute atomic E-state index is 6.10. The van der Waals surface area contributed by atoms with Crippen molar-refractivity contribution in [2.45, 2.75) is 18.8 Å². The topological polar surface area (TPSA) is 72.4 Å². The number of piperidine rings is 1. The summed E-state index contributed by atoms with van der Waals surface area (Å²) in [7, 11) is 0. The summed E-state index contributed by atoms with van der Waals surface area (Å²) in [5, 5.41) is 9.78. The summed E-state index contributed by atoms with van der Waals surface area (Å²) in [6.07, 6.45) is 5.68. The highest BCUT2D eigenvalue weighted by Crippen LogP contribution is 2.35. The fraction of sp³-hybridized carbons (Fsp3) is 0.238. The second-order valence-corrected chi connectivity index (χ2v) is 7.22. The van der Waals surface area contributed by atoms with Crippen molar-refractivity contribution < 1.29 is 4.42 Å². The van der Waals surface area contributed by atoms with Gasteiger partial charge in [0.05, 0.1) is 0 Å². The lowest BCUT2D eigenvalue weighted by molar-refractivity contribution is 0.479. The Balaban J connectivity index is 1.32. The molecule has 0 aliphatic carbocycles. The highest BCUT2D eigenvalue weighted by molar-refractivity contribution is 6.05. The van der Waals surface area contributed by atoms with Crippen molar-refractivity contribution in [2.75, 3.05) is 18.0 Å². The number of fused-ring (bicyclic) bond motifs is 4. The molecule has 138 valence electrons. The molecule has 6 rings (SSSR count). The first kappa shape index (κ1) is 15.6. The second kappa shape index (κ2) is 6.02. The van der Waals surface area contributed by atoms with Crippen molar-refractivity contribution in [3.8, 4) is 0 Å². The van der Waals surface area contributed by atoms with Gasteiger partial charge in [0, 0.05) is 30.6 Å². The summed E-state index contributed by atoms with van der Waals surface area (Å²) < 4.78 is 8.20. The molecule has 0 unspecified atom stereocenters. The first-order valence-corrected chi connectivity index (χ1v) is 9.55. The number of nitrogens with zero attached hydrogens (tertiary/aromatic N) is 6. The van der Waals surface area contributed by atoms with Gasteiger partial charge in [-0.1, -0.05) is 18.2 Å². The van der Waals surface area contributed by atoms with E-state index in [1.807, 2.05) is 48.7 Å². The van der Waals surface area contributed by atoms with E-state index in [1.165, 1.54) is 0 Å². The van der Waals surface area contributed by atoms with Gasteiger partial charge in [0.15, 0.2) is 17.0 Å². The van der Waals surface area contributed by atoms with Crippen LogP contribution in [0.1, 0.15) is 24.6 Å². The summed E-state index contributed by atoms with van der Waals surface area (Å²) in [4.78, 5) is 11.3. The molecule has 1 fully saturated rings. The number of rotatable bonds is 2. The zero-order valence-electron chi connectivity index (χ0n) is 15.2. The van der Waals surface area contributed by atoms with E-state index in [2.05, 4.69) is 29.5 Å². The van der Waals surface area contributed by atoms with Crippen LogP contribution in [0.2, 0.25) is 0 Å². The lowest BCUT2D eigenvalue weighted by Gasteiger charge is -2.31. The minimum absolute atomic E-state index is 0.390. The Hall–Kier alpha value is -3.48.